The summed E-state index contributed by atoms with van der Waals surface area (Å²) in [6.45, 7) is 3.12. The Morgan fingerprint density at radius 1 is 1.56 bits per heavy atom. The van der Waals surface area contributed by atoms with Gasteiger partial charge in [0.05, 0.1) is 13.2 Å². The Balaban J connectivity index is 2.42. The van der Waals surface area contributed by atoms with Gasteiger partial charge in [0.1, 0.15) is 5.15 Å². The first-order chi connectivity index (χ1) is 7.61. The molecule has 1 heterocycles. The van der Waals surface area contributed by atoms with Crippen LogP contribution in [0.3, 0.4) is 0 Å². The molecule has 0 aromatic carbocycles. The third-order valence-corrected chi connectivity index (χ3v) is 2.17. The van der Waals surface area contributed by atoms with E-state index in [0.29, 0.717) is 18.3 Å². The van der Waals surface area contributed by atoms with Crippen molar-refractivity contribution in [3.05, 3.63) is 29.0 Å². The molecular weight excluding hydrogens is 228 g/mol. The minimum Gasteiger partial charge on any atom is -0.465 e. The number of pyridine rings is 1. The van der Waals surface area contributed by atoms with Crippen LogP contribution in [0.2, 0.25) is 5.15 Å². The monoisotopic (exact) mass is 242 g/mol. The molecule has 0 bridgehead atoms. The van der Waals surface area contributed by atoms with Crippen LogP contribution in [0, 0.1) is 0 Å². The van der Waals surface area contributed by atoms with Crippen molar-refractivity contribution in [2.24, 2.45) is 0 Å². The highest BCUT2D eigenvalue weighted by Crippen LogP contribution is 2.07. The van der Waals surface area contributed by atoms with Crippen molar-refractivity contribution in [3.63, 3.8) is 0 Å². The summed E-state index contributed by atoms with van der Waals surface area (Å²) in [5, 5.41) is 0.469. The Kier molecular flexibility index (Phi) is 5.22. The predicted octanol–water partition coefficient (Wildman–Crippen LogP) is 1.73. The number of halogens is 1. The fourth-order valence-corrected chi connectivity index (χ4v) is 1.41. The van der Waals surface area contributed by atoms with Gasteiger partial charge >= 0.3 is 5.97 Å². The summed E-state index contributed by atoms with van der Waals surface area (Å²) in [4.78, 5) is 17.0. The molecule has 0 atom stereocenters. The SMILES string of the molecule is CCOC(=O)CN(C)Cc1ccc(Cl)nc1. The van der Waals surface area contributed by atoms with Crippen molar-refractivity contribution in [1.29, 1.82) is 0 Å². The lowest BCUT2D eigenvalue weighted by molar-refractivity contribution is -0.144. The molecule has 16 heavy (non-hydrogen) atoms. The number of carbonyl (C=O) groups is 1. The van der Waals surface area contributed by atoms with Crippen molar-refractivity contribution in [2.45, 2.75) is 13.5 Å². The maximum atomic E-state index is 11.2. The second-order valence-corrected chi connectivity index (χ2v) is 3.85. The maximum absolute atomic E-state index is 11.2. The molecule has 0 radical (unpaired) electrons. The van der Waals surface area contributed by atoms with E-state index in [4.69, 9.17) is 16.3 Å². The lowest BCUT2D eigenvalue weighted by Crippen LogP contribution is -2.27. The third kappa shape index (κ3) is 4.59. The van der Waals surface area contributed by atoms with Gasteiger partial charge in [0.25, 0.3) is 0 Å². The molecule has 5 heteroatoms. The van der Waals surface area contributed by atoms with Crippen LogP contribution in [0.4, 0.5) is 0 Å². The van der Waals surface area contributed by atoms with Crippen LogP contribution < -0.4 is 0 Å². The van der Waals surface area contributed by atoms with Crippen LogP contribution in [0.25, 0.3) is 0 Å². The Bertz CT molecular complexity index is 340. The molecule has 0 saturated carbocycles. The van der Waals surface area contributed by atoms with E-state index in [9.17, 15) is 4.79 Å². The maximum Gasteiger partial charge on any atom is 0.320 e. The summed E-state index contributed by atoms with van der Waals surface area (Å²) >= 11 is 5.67. The Morgan fingerprint density at radius 2 is 2.31 bits per heavy atom. The van der Waals surface area contributed by atoms with E-state index in [1.807, 2.05) is 18.0 Å². The summed E-state index contributed by atoms with van der Waals surface area (Å²) in [6, 6.07) is 3.62. The molecule has 4 nitrogen and oxygen atoms in total. The van der Waals surface area contributed by atoms with Gasteiger partial charge in [-0.3, -0.25) is 9.69 Å². The van der Waals surface area contributed by atoms with Gasteiger partial charge in [0.2, 0.25) is 0 Å². The smallest absolute Gasteiger partial charge is 0.320 e. The highest BCUT2D eigenvalue weighted by Gasteiger charge is 2.07. The zero-order valence-corrected chi connectivity index (χ0v) is 10.2. The van der Waals surface area contributed by atoms with Gasteiger partial charge in [0.15, 0.2) is 0 Å². The largest absolute Gasteiger partial charge is 0.465 e. The van der Waals surface area contributed by atoms with E-state index in [-0.39, 0.29) is 12.5 Å². The summed E-state index contributed by atoms with van der Waals surface area (Å²) < 4.78 is 4.85. The lowest BCUT2D eigenvalue weighted by atomic mass is 10.3. The van der Waals surface area contributed by atoms with Gasteiger partial charge in [-0.25, -0.2) is 4.98 Å². The molecule has 0 amide bonds. The number of hydrogen-bond donors (Lipinski definition) is 0. The van der Waals surface area contributed by atoms with Gasteiger partial charge in [-0.05, 0) is 25.6 Å². The van der Waals surface area contributed by atoms with E-state index >= 15 is 0 Å². The molecule has 0 saturated heterocycles. The first-order valence-electron chi connectivity index (χ1n) is 5.06. The van der Waals surface area contributed by atoms with Crippen LogP contribution in [0.15, 0.2) is 18.3 Å². The second kappa shape index (κ2) is 6.45. The van der Waals surface area contributed by atoms with Crippen LogP contribution in [-0.4, -0.2) is 36.1 Å². The van der Waals surface area contributed by atoms with Crippen molar-refractivity contribution < 1.29 is 9.53 Å². The summed E-state index contributed by atoms with van der Waals surface area (Å²) in [5.74, 6) is -0.216. The van der Waals surface area contributed by atoms with Gasteiger partial charge in [-0.1, -0.05) is 17.7 Å². The molecule has 0 unspecified atom stereocenters. The fraction of sp³-hybridized carbons (Fsp3) is 0.455. The first kappa shape index (κ1) is 12.9. The first-order valence-corrected chi connectivity index (χ1v) is 5.44. The number of esters is 1. The predicted molar refractivity (Wildman–Crippen MR) is 62.2 cm³/mol. The second-order valence-electron chi connectivity index (χ2n) is 3.47. The van der Waals surface area contributed by atoms with Crippen molar-refractivity contribution in [1.82, 2.24) is 9.88 Å². The van der Waals surface area contributed by atoms with Crippen molar-refractivity contribution >= 4 is 17.6 Å². The molecule has 0 N–H and O–H groups in total. The number of hydrogen-bond acceptors (Lipinski definition) is 4. The van der Waals surface area contributed by atoms with Gasteiger partial charge in [-0.2, -0.15) is 0 Å². The normalized spacial score (nSPS) is 10.5. The molecule has 0 fully saturated rings. The quantitative estimate of drug-likeness (QED) is 0.583. The standard InChI is InChI=1S/C11H15ClN2O2/c1-3-16-11(15)8-14(2)7-9-4-5-10(12)13-6-9/h4-6H,3,7-8H2,1-2H3. The lowest BCUT2D eigenvalue weighted by Gasteiger charge is -2.15. The molecule has 88 valence electrons. The molecule has 1 rings (SSSR count). The summed E-state index contributed by atoms with van der Waals surface area (Å²) in [6.07, 6.45) is 1.70. The average Bonchev–Trinajstić information content (AvgIpc) is 2.21. The fourth-order valence-electron chi connectivity index (χ4n) is 1.29. The molecule has 1 aromatic heterocycles. The van der Waals surface area contributed by atoms with E-state index in [1.165, 1.54) is 0 Å². The van der Waals surface area contributed by atoms with Crippen molar-refractivity contribution in [2.75, 3.05) is 20.2 Å². The van der Waals surface area contributed by atoms with E-state index in [0.717, 1.165) is 5.56 Å². The Hall–Kier alpha value is -1.13. The molecule has 0 aliphatic carbocycles. The zero-order chi connectivity index (χ0) is 12.0. The van der Waals surface area contributed by atoms with Crippen LogP contribution >= 0.6 is 11.6 Å². The number of rotatable bonds is 5. The number of carbonyl (C=O) groups excluding carboxylic acids is 1. The molecule has 0 aliphatic rings. The zero-order valence-electron chi connectivity index (χ0n) is 9.44. The van der Waals surface area contributed by atoms with Gasteiger partial charge < -0.3 is 4.74 Å². The van der Waals surface area contributed by atoms with Crippen LogP contribution in [0.5, 0.6) is 0 Å². The number of ether oxygens (including phenoxy) is 1. The molecular formula is C11H15ClN2O2. The van der Waals surface area contributed by atoms with Crippen LogP contribution in [-0.2, 0) is 16.1 Å². The topological polar surface area (TPSA) is 42.4 Å². The highest BCUT2D eigenvalue weighted by atomic mass is 35.5. The number of likely N-dealkylation sites (N-methyl/N-ethyl adjacent to an activating group) is 1. The summed E-state index contributed by atoms with van der Waals surface area (Å²) in [7, 11) is 1.85. The van der Waals surface area contributed by atoms with Gasteiger partial charge in [0, 0.05) is 12.7 Å². The van der Waals surface area contributed by atoms with E-state index in [2.05, 4.69) is 4.98 Å². The van der Waals surface area contributed by atoms with Gasteiger partial charge in [-0.15, -0.1) is 0 Å². The van der Waals surface area contributed by atoms with E-state index in [1.54, 1.807) is 19.2 Å². The number of nitrogens with zero attached hydrogens (tertiary/aromatic N) is 2. The third-order valence-electron chi connectivity index (χ3n) is 1.95. The molecule has 1 aromatic rings. The summed E-state index contributed by atoms with van der Waals surface area (Å²) in [5.41, 5.74) is 1.01. The minimum absolute atomic E-state index is 0.216. The Morgan fingerprint density at radius 3 is 2.88 bits per heavy atom. The van der Waals surface area contributed by atoms with E-state index < -0.39 is 0 Å². The van der Waals surface area contributed by atoms with Crippen molar-refractivity contribution in [3.8, 4) is 0 Å². The minimum atomic E-state index is -0.216. The number of aromatic nitrogens is 1. The highest BCUT2D eigenvalue weighted by molar-refractivity contribution is 6.29. The molecule has 0 aliphatic heterocycles. The Labute approximate surface area is 100 Å². The molecule has 0 spiro atoms. The van der Waals surface area contributed by atoms with Crippen LogP contribution in [0.1, 0.15) is 12.5 Å². The average molecular weight is 243 g/mol.